The minimum Gasteiger partial charge on any atom is -0.354 e. The van der Waals surface area contributed by atoms with Crippen LogP contribution >= 0.6 is 0 Å². The van der Waals surface area contributed by atoms with Crippen molar-refractivity contribution in [3.8, 4) is 11.3 Å². The number of rotatable bonds is 3. The van der Waals surface area contributed by atoms with Crippen molar-refractivity contribution in [1.29, 1.82) is 0 Å². The van der Waals surface area contributed by atoms with E-state index in [2.05, 4.69) is 60.3 Å². The van der Waals surface area contributed by atoms with Gasteiger partial charge in [0.1, 0.15) is 0 Å². The minimum atomic E-state index is 0.175. The Labute approximate surface area is 121 Å². The van der Waals surface area contributed by atoms with Gasteiger partial charge in [0.25, 0.3) is 0 Å². The highest BCUT2D eigenvalue weighted by molar-refractivity contribution is 5.64. The molecule has 0 saturated heterocycles. The van der Waals surface area contributed by atoms with Gasteiger partial charge in [-0.2, -0.15) is 0 Å². The van der Waals surface area contributed by atoms with Crippen LogP contribution < -0.4 is 5.32 Å². The Hall–Kier alpha value is -1.90. The Morgan fingerprint density at radius 1 is 1.10 bits per heavy atom. The van der Waals surface area contributed by atoms with E-state index in [1.165, 1.54) is 5.56 Å². The van der Waals surface area contributed by atoms with E-state index in [9.17, 15) is 0 Å². The van der Waals surface area contributed by atoms with Crippen LogP contribution in [-0.2, 0) is 5.41 Å². The van der Waals surface area contributed by atoms with Crippen LogP contribution in [0.1, 0.15) is 38.8 Å². The number of hydrogen-bond donors (Lipinski definition) is 1. The zero-order chi connectivity index (χ0) is 14.8. The maximum Gasteiger partial charge on any atom is 0.223 e. The van der Waals surface area contributed by atoms with E-state index < -0.39 is 0 Å². The highest BCUT2D eigenvalue weighted by atomic mass is 15.1. The Morgan fingerprint density at radius 2 is 1.75 bits per heavy atom. The zero-order valence-corrected chi connectivity index (χ0v) is 13.0. The van der Waals surface area contributed by atoms with Gasteiger partial charge < -0.3 is 5.32 Å². The molecule has 0 aliphatic carbocycles. The summed E-state index contributed by atoms with van der Waals surface area (Å²) in [5.41, 5.74) is 4.73. The normalized spacial score (nSPS) is 11.4. The molecular formula is C17H23N3. The van der Waals surface area contributed by atoms with Crippen LogP contribution in [0.2, 0.25) is 0 Å². The van der Waals surface area contributed by atoms with Gasteiger partial charge in [0.2, 0.25) is 5.95 Å². The van der Waals surface area contributed by atoms with Gasteiger partial charge in [-0.25, -0.2) is 9.97 Å². The summed E-state index contributed by atoms with van der Waals surface area (Å²) in [5.74, 6) is 0.688. The standard InChI is InChI=1S/C17H23N3/c1-6-18-16-19-11-12(2)15(20-16)13-7-9-14(10-8-13)17(3,4)5/h7-11H,6H2,1-5H3,(H,18,19,20). The van der Waals surface area contributed by atoms with Crippen molar-refractivity contribution in [2.75, 3.05) is 11.9 Å². The molecule has 106 valence electrons. The first-order valence-electron chi connectivity index (χ1n) is 7.10. The Bertz CT molecular complexity index is 580. The van der Waals surface area contributed by atoms with Crippen LogP contribution in [0.4, 0.5) is 5.95 Å². The van der Waals surface area contributed by atoms with E-state index in [0.717, 1.165) is 23.4 Å². The lowest BCUT2D eigenvalue weighted by atomic mass is 9.86. The number of benzene rings is 1. The number of anilines is 1. The summed E-state index contributed by atoms with van der Waals surface area (Å²) < 4.78 is 0. The largest absolute Gasteiger partial charge is 0.354 e. The van der Waals surface area contributed by atoms with E-state index in [1.54, 1.807) is 0 Å². The third-order valence-corrected chi connectivity index (χ3v) is 3.33. The number of aromatic nitrogens is 2. The monoisotopic (exact) mass is 269 g/mol. The third kappa shape index (κ3) is 3.16. The molecule has 2 aromatic rings. The molecule has 1 aromatic carbocycles. The molecule has 0 unspecified atom stereocenters. The maximum atomic E-state index is 4.60. The first kappa shape index (κ1) is 14.5. The Morgan fingerprint density at radius 3 is 2.30 bits per heavy atom. The number of nitrogens with zero attached hydrogens (tertiary/aromatic N) is 2. The van der Waals surface area contributed by atoms with Gasteiger partial charge in [0.15, 0.2) is 0 Å². The summed E-state index contributed by atoms with van der Waals surface area (Å²) >= 11 is 0. The smallest absolute Gasteiger partial charge is 0.223 e. The molecule has 20 heavy (non-hydrogen) atoms. The molecule has 0 aliphatic heterocycles. The van der Waals surface area contributed by atoms with Gasteiger partial charge in [0.05, 0.1) is 5.69 Å². The van der Waals surface area contributed by atoms with Crippen LogP contribution in [-0.4, -0.2) is 16.5 Å². The molecule has 0 bridgehead atoms. The fraction of sp³-hybridized carbons (Fsp3) is 0.412. The maximum absolute atomic E-state index is 4.60. The van der Waals surface area contributed by atoms with E-state index >= 15 is 0 Å². The summed E-state index contributed by atoms with van der Waals surface area (Å²) in [6.07, 6.45) is 1.87. The average molecular weight is 269 g/mol. The molecule has 3 heteroatoms. The number of hydrogen-bond acceptors (Lipinski definition) is 3. The van der Waals surface area contributed by atoms with Crippen molar-refractivity contribution in [1.82, 2.24) is 9.97 Å². The summed E-state index contributed by atoms with van der Waals surface area (Å²) in [4.78, 5) is 8.89. The predicted molar refractivity (Wildman–Crippen MR) is 85.1 cm³/mol. The SMILES string of the molecule is CCNc1ncc(C)c(-c2ccc(C(C)(C)C)cc2)n1. The van der Waals surface area contributed by atoms with Crippen molar-refractivity contribution in [3.63, 3.8) is 0 Å². The van der Waals surface area contributed by atoms with E-state index in [4.69, 9.17) is 0 Å². The van der Waals surface area contributed by atoms with E-state index in [1.807, 2.05) is 20.0 Å². The second kappa shape index (κ2) is 5.61. The molecule has 1 heterocycles. The van der Waals surface area contributed by atoms with Crippen LogP contribution in [0.25, 0.3) is 11.3 Å². The van der Waals surface area contributed by atoms with Crippen LogP contribution in [0, 0.1) is 6.92 Å². The molecule has 0 fully saturated rings. The van der Waals surface area contributed by atoms with Crippen molar-refractivity contribution in [3.05, 3.63) is 41.6 Å². The second-order valence-electron chi connectivity index (χ2n) is 6.08. The van der Waals surface area contributed by atoms with E-state index in [-0.39, 0.29) is 5.41 Å². The fourth-order valence-corrected chi connectivity index (χ4v) is 2.11. The summed E-state index contributed by atoms with van der Waals surface area (Å²) in [6, 6.07) is 8.66. The lowest BCUT2D eigenvalue weighted by Gasteiger charge is -2.19. The topological polar surface area (TPSA) is 37.8 Å². The Kier molecular flexibility index (Phi) is 4.07. The molecule has 0 radical (unpaired) electrons. The summed E-state index contributed by atoms with van der Waals surface area (Å²) in [5, 5.41) is 3.16. The van der Waals surface area contributed by atoms with Gasteiger partial charge in [-0.15, -0.1) is 0 Å². The van der Waals surface area contributed by atoms with Crippen LogP contribution in [0.5, 0.6) is 0 Å². The Balaban J connectivity index is 2.38. The molecular weight excluding hydrogens is 246 g/mol. The molecule has 0 spiro atoms. The van der Waals surface area contributed by atoms with Crippen molar-refractivity contribution >= 4 is 5.95 Å². The van der Waals surface area contributed by atoms with Crippen molar-refractivity contribution in [2.24, 2.45) is 0 Å². The fourth-order valence-electron chi connectivity index (χ4n) is 2.11. The van der Waals surface area contributed by atoms with Crippen LogP contribution in [0.15, 0.2) is 30.5 Å². The summed E-state index contributed by atoms with van der Waals surface area (Å²) in [7, 11) is 0. The lowest BCUT2D eigenvalue weighted by molar-refractivity contribution is 0.590. The number of aryl methyl sites for hydroxylation is 1. The molecule has 0 aliphatic rings. The first-order chi connectivity index (χ1) is 9.41. The highest BCUT2D eigenvalue weighted by Gasteiger charge is 2.14. The zero-order valence-electron chi connectivity index (χ0n) is 13.0. The average Bonchev–Trinajstić information content (AvgIpc) is 2.40. The predicted octanol–water partition coefficient (Wildman–Crippen LogP) is 4.18. The minimum absolute atomic E-state index is 0.175. The molecule has 2 rings (SSSR count). The highest BCUT2D eigenvalue weighted by Crippen LogP contribution is 2.27. The van der Waals surface area contributed by atoms with Crippen molar-refractivity contribution < 1.29 is 0 Å². The van der Waals surface area contributed by atoms with Crippen molar-refractivity contribution in [2.45, 2.75) is 40.0 Å². The molecule has 1 aromatic heterocycles. The van der Waals surface area contributed by atoms with E-state index in [0.29, 0.717) is 5.95 Å². The van der Waals surface area contributed by atoms with Gasteiger partial charge in [-0.3, -0.25) is 0 Å². The molecule has 1 N–H and O–H groups in total. The quantitative estimate of drug-likeness (QED) is 0.908. The van der Waals surface area contributed by atoms with Gasteiger partial charge >= 0.3 is 0 Å². The third-order valence-electron chi connectivity index (χ3n) is 3.33. The summed E-state index contributed by atoms with van der Waals surface area (Å²) in [6.45, 7) is 11.6. The van der Waals surface area contributed by atoms with Crippen LogP contribution in [0.3, 0.4) is 0 Å². The molecule has 0 atom stereocenters. The molecule has 0 saturated carbocycles. The lowest BCUT2D eigenvalue weighted by Crippen LogP contribution is -2.10. The van der Waals surface area contributed by atoms with Gasteiger partial charge in [0, 0.05) is 18.3 Å². The van der Waals surface area contributed by atoms with Gasteiger partial charge in [-0.05, 0) is 30.4 Å². The number of nitrogens with one attached hydrogen (secondary N) is 1. The molecule has 3 nitrogen and oxygen atoms in total. The first-order valence-corrected chi connectivity index (χ1v) is 7.10. The molecule has 0 amide bonds. The van der Waals surface area contributed by atoms with Gasteiger partial charge in [-0.1, -0.05) is 45.0 Å². The second-order valence-corrected chi connectivity index (χ2v) is 6.08.